The SMILES string of the molecule is Nc1nnccc1C=[NH2+]. The van der Waals surface area contributed by atoms with Crippen LogP contribution in [0.5, 0.6) is 0 Å². The third kappa shape index (κ3) is 1.02. The number of nitrogens with zero attached hydrogens (tertiary/aromatic N) is 2. The van der Waals surface area contributed by atoms with Gasteiger partial charge in [-0.05, 0) is 6.07 Å². The molecule has 0 fully saturated rings. The summed E-state index contributed by atoms with van der Waals surface area (Å²) in [5.41, 5.74) is 6.06. The minimum Gasteiger partial charge on any atom is -0.382 e. The van der Waals surface area contributed by atoms with Gasteiger partial charge in [0, 0.05) is 0 Å². The van der Waals surface area contributed by atoms with Crippen molar-refractivity contribution in [2.24, 2.45) is 0 Å². The summed E-state index contributed by atoms with van der Waals surface area (Å²) in [5, 5.41) is 12.3. The monoisotopic (exact) mass is 123 g/mol. The Labute approximate surface area is 52.2 Å². The number of nitrogen functional groups attached to an aromatic ring is 1. The molecule has 0 aliphatic carbocycles. The van der Waals surface area contributed by atoms with Gasteiger partial charge in [0.05, 0.1) is 11.8 Å². The molecule has 1 rings (SSSR count). The standard InChI is InChI=1S/C5H6N4/c6-3-4-1-2-8-9-5(4)7/h1-3,6H,(H2,7,9)/p+1. The summed E-state index contributed by atoms with van der Waals surface area (Å²) in [6, 6.07) is 1.70. The van der Waals surface area contributed by atoms with E-state index in [9.17, 15) is 0 Å². The summed E-state index contributed by atoms with van der Waals surface area (Å²) in [6.07, 6.45) is 2.93. The predicted molar refractivity (Wildman–Crippen MR) is 33.5 cm³/mol. The molecule has 0 saturated carbocycles. The lowest BCUT2D eigenvalue weighted by Gasteiger charge is -1.89. The third-order valence-electron chi connectivity index (χ3n) is 0.962. The topological polar surface area (TPSA) is 77.4 Å². The highest BCUT2D eigenvalue weighted by Crippen LogP contribution is 1.98. The van der Waals surface area contributed by atoms with Crippen molar-refractivity contribution in [3.05, 3.63) is 17.8 Å². The summed E-state index contributed by atoms with van der Waals surface area (Å²) >= 11 is 0. The van der Waals surface area contributed by atoms with Crippen molar-refractivity contribution in [1.82, 2.24) is 10.2 Å². The van der Waals surface area contributed by atoms with Crippen LogP contribution in [0.2, 0.25) is 0 Å². The van der Waals surface area contributed by atoms with E-state index in [-0.39, 0.29) is 0 Å². The van der Waals surface area contributed by atoms with Gasteiger partial charge in [-0.25, -0.2) is 0 Å². The van der Waals surface area contributed by atoms with Gasteiger partial charge in [0.15, 0.2) is 12.0 Å². The van der Waals surface area contributed by atoms with Crippen LogP contribution in [0.1, 0.15) is 5.56 Å². The summed E-state index contributed by atoms with van der Waals surface area (Å²) < 4.78 is 0. The molecule has 0 atom stereocenters. The van der Waals surface area contributed by atoms with Gasteiger partial charge in [-0.1, -0.05) is 0 Å². The Morgan fingerprint density at radius 2 is 2.44 bits per heavy atom. The fourth-order valence-electron chi connectivity index (χ4n) is 0.493. The first-order valence-electron chi connectivity index (χ1n) is 2.46. The molecule has 4 N–H and O–H groups in total. The Balaban J connectivity index is 3.15. The second-order valence-corrected chi connectivity index (χ2v) is 1.54. The van der Waals surface area contributed by atoms with Gasteiger partial charge in [0.2, 0.25) is 0 Å². The molecule has 4 heteroatoms. The number of hydrogen-bond donors (Lipinski definition) is 2. The van der Waals surface area contributed by atoms with Crippen LogP contribution in [0.15, 0.2) is 12.3 Å². The van der Waals surface area contributed by atoms with E-state index in [4.69, 9.17) is 11.1 Å². The highest BCUT2D eigenvalue weighted by Gasteiger charge is 1.95. The van der Waals surface area contributed by atoms with Crippen molar-refractivity contribution in [2.45, 2.75) is 0 Å². The van der Waals surface area contributed by atoms with E-state index < -0.39 is 0 Å². The van der Waals surface area contributed by atoms with Crippen LogP contribution >= 0.6 is 0 Å². The van der Waals surface area contributed by atoms with Crippen LogP contribution in [0.4, 0.5) is 5.82 Å². The molecule has 1 aromatic heterocycles. The van der Waals surface area contributed by atoms with Crippen LogP contribution < -0.4 is 11.1 Å². The Bertz CT molecular complexity index is 220. The number of anilines is 1. The molecule has 4 nitrogen and oxygen atoms in total. The molecule has 0 amide bonds. The summed E-state index contributed by atoms with van der Waals surface area (Å²) in [4.78, 5) is 0. The van der Waals surface area contributed by atoms with Crippen LogP contribution in [0, 0.1) is 0 Å². The first kappa shape index (κ1) is 5.68. The van der Waals surface area contributed by atoms with Crippen LogP contribution in [0.25, 0.3) is 0 Å². The normalized spacial score (nSPS) is 8.89. The van der Waals surface area contributed by atoms with E-state index in [1.54, 1.807) is 6.07 Å². The van der Waals surface area contributed by atoms with Gasteiger partial charge in [0.25, 0.3) is 0 Å². The highest BCUT2D eigenvalue weighted by molar-refractivity contribution is 5.80. The molecule has 0 aromatic carbocycles. The van der Waals surface area contributed by atoms with Gasteiger partial charge in [-0.15, -0.1) is 5.10 Å². The van der Waals surface area contributed by atoms with Gasteiger partial charge in [0.1, 0.15) is 0 Å². The molecule has 46 valence electrons. The quantitative estimate of drug-likeness (QED) is 0.434. The third-order valence-corrected chi connectivity index (χ3v) is 0.962. The second kappa shape index (κ2) is 2.21. The van der Waals surface area contributed by atoms with Crippen LogP contribution in [-0.2, 0) is 0 Å². The van der Waals surface area contributed by atoms with E-state index >= 15 is 0 Å². The van der Waals surface area contributed by atoms with Gasteiger partial charge in [-0.3, -0.25) is 5.41 Å². The van der Waals surface area contributed by atoms with Crippen LogP contribution in [-0.4, -0.2) is 16.4 Å². The Kier molecular flexibility index (Phi) is 1.40. The van der Waals surface area contributed by atoms with Crippen molar-refractivity contribution < 1.29 is 5.41 Å². The van der Waals surface area contributed by atoms with E-state index in [2.05, 4.69) is 10.2 Å². The smallest absolute Gasteiger partial charge is 0.171 e. The molecule has 0 saturated heterocycles. The molecule has 0 unspecified atom stereocenters. The van der Waals surface area contributed by atoms with Crippen molar-refractivity contribution in [1.29, 1.82) is 0 Å². The van der Waals surface area contributed by atoms with E-state index in [1.807, 2.05) is 0 Å². The lowest BCUT2D eigenvalue weighted by atomic mass is 10.3. The maximum absolute atomic E-state index is 5.35. The van der Waals surface area contributed by atoms with Gasteiger partial charge in [-0.2, -0.15) is 5.10 Å². The number of hydrogen-bond acceptors (Lipinski definition) is 3. The molecule has 0 aliphatic rings. The molecule has 0 aliphatic heterocycles. The predicted octanol–water partition coefficient (Wildman–Crippen LogP) is -1.76. The lowest BCUT2D eigenvalue weighted by molar-refractivity contribution is -0.104. The Morgan fingerprint density at radius 3 is 2.89 bits per heavy atom. The minimum absolute atomic E-state index is 0.361. The van der Waals surface area contributed by atoms with Crippen molar-refractivity contribution >= 4 is 12.0 Å². The van der Waals surface area contributed by atoms with E-state index in [0.29, 0.717) is 11.4 Å². The highest BCUT2D eigenvalue weighted by atomic mass is 15.1. The summed E-state index contributed by atoms with van der Waals surface area (Å²) in [5.74, 6) is 0.361. The van der Waals surface area contributed by atoms with E-state index in [0.717, 1.165) is 0 Å². The molecule has 1 heterocycles. The molecule has 9 heavy (non-hydrogen) atoms. The minimum atomic E-state index is 0.361. The zero-order valence-corrected chi connectivity index (χ0v) is 4.78. The molecule has 0 spiro atoms. The van der Waals surface area contributed by atoms with Crippen molar-refractivity contribution in [3.63, 3.8) is 0 Å². The van der Waals surface area contributed by atoms with Gasteiger partial charge < -0.3 is 5.73 Å². The zero-order valence-electron chi connectivity index (χ0n) is 4.78. The first-order chi connectivity index (χ1) is 4.34. The molecular formula is C5H7N4+. The van der Waals surface area contributed by atoms with Crippen molar-refractivity contribution in [3.8, 4) is 0 Å². The van der Waals surface area contributed by atoms with Gasteiger partial charge >= 0.3 is 0 Å². The van der Waals surface area contributed by atoms with Crippen LogP contribution in [0.3, 0.4) is 0 Å². The molecule has 0 radical (unpaired) electrons. The fraction of sp³-hybridized carbons (Fsp3) is 0. The fourth-order valence-corrected chi connectivity index (χ4v) is 0.493. The first-order valence-corrected chi connectivity index (χ1v) is 2.46. The Hall–Kier alpha value is -1.45. The van der Waals surface area contributed by atoms with E-state index in [1.165, 1.54) is 12.4 Å². The largest absolute Gasteiger partial charge is 0.382 e. The maximum atomic E-state index is 5.35. The summed E-state index contributed by atoms with van der Waals surface area (Å²) in [7, 11) is 0. The number of aromatic nitrogens is 2. The molecule has 1 aromatic rings. The number of nitrogens with two attached hydrogens (primary N) is 2. The van der Waals surface area contributed by atoms with Crippen molar-refractivity contribution in [2.75, 3.05) is 5.73 Å². The maximum Gasteiger partial charge on any atom is 0.171 e. The second-order valence-electron chi connectivity index (χ2n) is 1.54. The lowest BCUT2D eigenvalue weighted by Crippen LogP contribution is -2.30. The number of rotatable bonds is 1. The summed E-state index contributed by atoms with van der Waals surface area (Å²) in [6.45, 7) is 0. The Morgan fingerprint density at radius 1 is 1.67 bits per heavy atom. The zero-order chi connectivity index (χ0) is 6.69. The molecule has 0 bridgehead atoms. The average molecular weight is 123 g/mol. The molecular weight excluding hydrogens is 116 g/mol. The average Bonchev–Trinajstić information content (AvgIpc) is 1.89.